The standard InChI is InChI=1S/C12H15ClN2O2/c13-9-3-5-10(6-4-9)14-12(17)15-7-1-2-11(15)8-16/h3-6,11,16H,1-2,7-8H2,(H,14,17)/t11-/m1/s1. The number of aliphatic hydroxyl groups excluding tert-OH is 1. The van der Waals surface area contributed by atoms with Crippen molar-refractivity contribution in [2.45, 2.75) is 18.9 Å². The van der Waals surface area contributed by atoms with Crippen molar-refractivity contribution in [1.29, 1.82) is 0 Å². The monoisotopic (exact) mass is 254 g/mol. The molecule has 0 saturated carbocycles. The Hall–Kier alpha value is -1.26. The molecule has 2 N–H and O–H groups in total. The summed E-state index contributed by atoms with van der Waals surface area (Å²) in [4.78, 5) is 13.6. The summed E-state index contributed by atoms with van der Waals surface area (Å²) in [6, 6.07) is 6.75. The molecule has 0 aromatic heterocycles. The van der Waals surface area contributed by atoms with E-state index in [1.54, 1.807) is 29.2 Å². The maximum atomic E-state index is 11.9. The third kappa shape index (κ3) is 2.90. The summed E-state index contributed by atoms with van der Waals surface area (Å²) < 4.78 is 0. The zero-order valence-electron chi connectivity index (χ0n) is 9.40. The zero-order chi connectivity index (χ0) is 12.3. The molecule has 0 unspecified atom stereocenters. The van der Waals surface area contributed by atoms with Gasteiger partial charge in [-0.2, -0.15) is 0 Å². The van der Waals surface area contributed by atoms with E-state index in [-0.39, 0.29) is 18.7 Å². The number of nitrogens with zero attached hydrogens (tertiary/aromatic N) is 1. The Morgan fingerprint density at radius 2 is 2.18 bits per heavy atom. The van der Waals surface area contributed by atoms with Crippen LogP contribution in [0.15, 0.2) is 24.3 Å². The van der Waals surface area contributed by atoms with E-state index in [0.29, 0.717) is 17.3 Å². The van der Waals surface area contributed by atoms with E-state index >= 15 is 0 Å². The van der Waals surface area contributed by atoms with Gasteiger partial charge in [0.2, 0.25) is 0 Å². The number of hydrogen-bond acceptors (Lipinski definition) is 2. The Kier molecular flexibility index (Phi) is 3.86. The summed E-state index contributed by atoms with van der Waals surface area (Å²) in [5.74, 6) is 0. The SMILES string of the molecule is O=C(Nc1ccc(Cl)cc1)N1CCC[C@@H]1CO. The topological polar surface area (TPSA) is 52.6 Å². The maximum absolute atomic E-state index is 11.9. The quantitative estimate of drug-likeness (QED) is 0.851. The number of carbonyl (C=O) groups excluding carboxylic acids is 1. The predicted octanol–water partition coefficient (Wildman–Crippen LogP) is 2.33. The third-order valence-electron chi connectivity index (χ3n) is 2.94. The van der Waals surface area contributed by atoms with Gasteiger partial charge in [-0.1, -0.05) is 11.6 Å². The maximum Gasteiger partial charge on any atom is 0.322 e. The van der Waals surface area contributed by atoms with Crippen LogP contribution in [0.2, 0.25) is 5.02 Å². The van der Waals surface area contributed by atoms with Gasteiger partial charge in [0.25, 0.3) is 0 Å². The van der Waals surface area contributed by atoms with Crippen molar-refractivity contribution in [3.05, 3.63) is 29.3 Å². The number of halogens is 1. The Morgan fingerprint density at radius 1 is 1.47 bits per heavy atom. The molecule has 92 valence electrons. The first kappa shape index (κ1) is 12.2. The number of likely N-dealkylation sites (tertiary alicyclic amines) is 1. The van der Waals surface area contributed by atoms with Gasteiger partial charge in [-0.15, -0.1) is 0 Å². The molecule has 1 aliphatic rings. The van der Waals surface area contributed by atoms with Gasteiger partial charge in [-0.05, 0) is 37.1 Å². The molecule has 2 amide bonds. The number of benzene rings is 1. The molecular weight excluding hydrogens is 240 g/mol. The summed E-state index contributed by atoms with van der Waals surface area (Å²) >= 11 is 5.76. The van der Waals surface area contributed by atoms with Crippen LogP contribution >= 0.6 is 11.6 Å². The molecule has 0 bridgehead atoms. The van der Waals surface area contributed by atoms with Crippen LogP contribution in [0.1, 0.15) is 12.8 Å². The highest BCUT2D eigenvalue weighted by atomic mass is 35.5. The largest absolute Gasteiger partial charge is 0.394 e. The second-order valence-corrected chi connectivity index (χ2v) is 4.55. The van der Waals surface area contributed by atoms with E-state index < -0.39 is 0 Å². The summed E-state index contributed by atoms with van der Waals surface area (Å²) in [7, 11) is 0. The Balaban J connectivity index is 1.99. The first-order chi connectivity index (χ1) is 8.20. The predicted molar refractivity (Wildman–Crippen MR) is 67.3 cm³/mol. The minimum absolute atomic E-state index is 0.0219. The van der Waals surface area contributed by atoms with E-state index in [1.165, 1.54) is 0 Å². The van der Waals surface area contributed by atoms with Gasteiger partial charge in [0.05, 0.1) is 12.6 Å². The molecule has 0 aliphatic carbocycles. The molecule has 0 spiro atoms. The second-order valence-electron chi connectivity index (χ2n) is 4.11. The zero-order valence-corrected chi connectivity index (χ0v) is 10.2. The van der Waals surface area contributed by atoms with E-state index in [2.05, 4.69) is 5.32 Å². The Morgan fingerprint density at radius 3 is 2.82 bits per heavy atom. The average Bonchev–Trinajstić information content (AvgIpc) is 2.80. The lowest BCUT2D eigenvalue weighted by atomic mass is 10.2. The molecule has 1 atom stereocenters. The van der Waals surface area contributed by atoms with Gasteiger partial charge < -0.3 is 15.3 Å². The fourth-order valence-corrected chi connectivity index (χ4v) is 2.15. The van der Waals surface area contributed by atoms with Crippen molar-refractivity contribution >= 4 is 23.3 Å². The summed E-state index contributed by atoms with van der Waals surface area (Å²) in [6.45, 7) is 0.721. The van der Waals surface area contributed by atoms with Crippen molar-refractivity contribution in [3.63, 3.8) is 0 Å². The van der Waals surface area contributed by atoms with Gasteiger partial charge in [-0.25, -0.2) is 4.79 Å². The molecule has 0 radical (unpaired) electrons. The molecule has 1 heterocycles. The van der Waals surface area contributed by atoms with Crippen molar-refractivity contribution in [2.75, 3.05) is 18.5 Å². The van der Waals surface area contributed by atoms with Crippen LogP contribution in [0.3, 0.4) is 0 Å². The minimum Gasteiger partial charge on any atom is -0.394 e. The van der Waals surface area contributed by atoms with E-state index in [0.717, 1.165) is 12.8 Å². The lowest BCUT2D eigenvalue weighted by Crippen LogP contribution is -2.40. The van der Waals surface area contributed by atoms with Crippen molar-refractivity contribution in [3.8, 4) is 0 Å². The van der Waals surface area contributed by atoms with Gasteiger partial charge in [-0.3, -0.25) is 0 Å². The number of aliphatic hydroxyl groups is 1. The van der Waals surface area contributed by atoms with Crippen molar-refractivity contribution in [2.24, 2.45) is 0 Å². The summed E-state index contributed by atoms with van der Waals surface area (Å²) in [5, 5.41) is 12.6. The van der Waals surface area contributed by atoms with Gasteiger partial charge in [0.15, 0.2) is 0 Å². The fourth-order valence-electron chi connectivity index (χ4n) is 2.02. The van der Waals surface area contributed by atoms with Crippen LogP contribution in [-0.2, 0) is 0 Å². The highest BCUT2D eigenvalue weighted by Gasteiger charge is 2.27. The van der Waals surface area contributed by atoms with Crippen LogP contribution in [0, 0.1) is 0 Å². The van der Waals surface area contributed by atoms with Crippen LogP contribution < -0.4 is 5.32 Å². The molecule has 5 heteroatoms. The molecule has 1 aromatic carbocycles. The lowest BCUT2D eigenvalue weighted by molar-refractivity contribution is 0.166. The number of nitrogens with one attached hydrogen (secondary N) is 1. The van der Waals surface area contributed by atoms with Crippen LogP contribution in [0.5, 0.6) is 0 Å². The molecule has 4 nitrogen and oxygen atoms in total. The molecular formula is C12H15ClN2O2. The summed E-state index contributed by atoms with van der Waals surface area (Å²) in [5.41, 5.74) is 0.711. The van der Waals surface area contributed by atoms with E-state index in [1.807, 2.05) is 0 Å². The number of anilines is 1. The van der Waals surface area contributed by atoms with Crippen LogP contribution in [-0.4, -0.2) is 35.2 Å². The number of carbonyl (C=O) groups is 1. The second kappa shape index (κ2) is 5.38. The van der Waals surface area contributed by atoms with Gasteiger partial charge in [0.1, 0.15) is 0 Å². The van der Waals surface area contributed by atoms with Gasteiger partial charge in [0, 0.05) is 17.3 Å². The number of rotatable bonds is 2. The molecule has 2 rings (SSSR count). The lowest BCUT2D eigenvalue weighted by Gasteiger charge is -2.23. The molecule has 17 heavy (non-hydrogen) atoms. The number of hydrogen-bond donors (Lipinski definition) is 2. The van der Waals surface area contributed by atoms with Crippen molar-refractivity contribution in [1.82, 2.24) is 4.90 Å². The average molecular weight is 255 g/mol. The number of urea groups is 1. The first-order valence-electron chi connectivity index (χ1n) is 5.65. The highest BCUT2D eigenvalue weighted by molar-refractivity contribution is 6.30. The number of amides is 2. The van der Waals surface area contributed by atoms with E-state index in [9.17, 15) is 4.79 Å². The molecule has 1 fully saturated rings. The van der Waals surface area contributed by atoms with Crippen LogP contribution in [0.4, 0.5) is 10.5 Å². The third-order valence-corrected chi connectivity index (χ3v) is 3.20. The molecule has 1 aromatic rings. The smallest absolute Gasteiger partial charge is 0.322 e. The van der Waals surface area contributed by atoms with Crippen LogP contribution in [0.25, 0.3) is 0 Å². The fraction of sp³-hybridized carbons (Fsp3) is 0.417. The van der Waals surface area contributed by atoms with E-state index in [4.69, 9.17) is 16.7 Å². The summed E-state index contributed by atoms with van der Waals surface area (Å²) in [6.07, 6.45) is 1.81. The first-order valence-corrected chi connectivity index (χ1v) is 6.02. The van der Waals surface area contributed by atoms with Crippen molar-refractivity contribution < 1.29 is 9.90 Å². The Labute approximate surface area is 105 Å². The minimum atomic E-state index is -0.163. The molecule has 1 aliphatic heterocycles. The molecule has 1 saturated heterocycles. The normalized spacial score (nSPS) is 19.4. The highest BCUT2D eigenvalue weighted by Crippen LogP contribution is 2.19. The Bertz CT molecular complexity index is 394. The van der Waals surface area contributed by atoms with Gasteiger partial charge >= 0.3 is 6.03 Å².